The molecule has 0 saturated carbocycles. The van der Waals surface area contributed by atoms with Gasteiger partial charge in [0.1, 0.15) is 24.2 Å². The van der Waals surface area contributed by atoms with Crippen LogP contribution in [0.25, 0.3) is 0 Å². The summed E-state index contributed by atoms with van der Waals surface area (Å²) in [6.07, 6.45) is 0.643. The van der Waals surface area contributed by atoms with E-state index in [0.717, 1.165) is 0 Å². The first-order valence-electron chi connectivity index (χ1n) is 14.8. The molecule has 0 aliphatic carbocycles. The van der Waals surface area contributed by atoms with Crippen LogP contribution in [0.2, 0.25) is 0 Å². The number of primary amides is 1. The van der Waals surface area contributed by atoms with E-state index < -0.39 is 90.9 Å². The summed E-state index contributed by atoms with van der Waals surface area (Å²) in [5, 5.41) is 40.7. The number of carbonyl (C=O) groups excluding carboxylic acids is 6. The fourth-order valence-corrected chi connectivity index (χ4v) is 4.26. The van der Waals surface area contributed by atoms with E-state index in [2.05, 4.69) is 36.6 Å². The molecule has 0 fully saturated rings. The van der Waals surface area contributed by atoms with Crippen molar-refractivity contribution in [3.05, 3.63) is 54.1 Å². The van der Waals surface area contributed by atoms with Crippen LogP contribution in [0.5, 0.6) is 0 Å². The van der Waals surface area contributed by atoms with Gasteiger partial charge >= 0.3 is 5.97 Å². The molecule has 13 N–H and O–H groups in total. The molecule has 0 spiro atoms. The van der Waals surface area contributed by atoms with Crippen LogP contribution in [0, 0.1) is 0 Å². The number of amides is 6. The minimum absolute atomic E-state index is 0.0444. The van der Waals surface area contributed by atoms with Crippen molar-refractivity contribution < 1.29 is 48.9 Å². The molecule has 0 radical (unpaired) electrons. The molecule has 2 rings (SSSR count). The van der Waals surface area contributed by atoms with Crippen LogP contribution in [0.4, 0.5) is 0 Å². The van der Waals surface area contributed by atoms with Gasteiger partial charge in [0.25, 0.3) is 0 Å². The van der Waals surface area contributed by atoms with Gasteiger partial charge in [-0.25, -0.2) is 9.78 Å². The van der Waals surface area contributed by atoms with E-state index in [1.165, 1.54) is 19.4 Å². The molecule has 1 heterocycles. The van der Waals surface area contributed by atoms with Crippen LogP contribution < -0.4 is 38.1 Å². The van der Waals surface area contributed by atoms with Crippen molar-refractivity contribution in [2.75, 3.05) is 13.2 Å². The summed E-state index contributed by atoms with van der Waals surface area (Å²) < 4.78 is 0. The van der Waals surface area contributed by atoms with Crippen LogP contribution in [0.1, 0.15) is 31.0 Å². The quantitative estimate of drug-likeness (QED) is 0.0631. The molecule has 19 nitrogen and oxygen atoms in total. The highest BCUT2D eigenvalue weighted by Crippen LogP contribution is 2.05. The summed E-state index contributed by atoms with van der Waals surface area (Å²) >= 11 is 0. The molecule has 1 aromatic carbocycles. The fraction of sp³-hybridized carbons (Fsp3) is 0.448. The number of nitrogens with one attached hydrogen (secondary N) is 6. The van der Waals surface area contributed by atoms with E-state index in [9.17, 15) is 48.9 Å². The van der Waals surface area contributed by atoms with Gasteiger partial charge in [0.2, 0.25) is 35.4 Å². The van der Waals surface area contributed by atoms with Gasteiger partial charge in [0, 0.05) is 31.2 Å². The van der Waals surface area contributed by atoms with Gasteiger partial charge in [0.05, 0.1) is 31.6 Å². The monoisotopic (exact) mass is 675 g/mol. The maximum Gasteiger partial charge on any atom is 0.326 e. The van der Waals surface area contributed by atoms with E-state index in [0.29, 0.717) is 11.3 Å². The molecule has 48 heavy (non-hydrogen) atoms. The Bertz CT molecular complexity index is 1410. The third-order valence-electron chi connectivity index (χ3n) is 6.86. The third-order valence-corrected chi connectivity index (χ3v) is 6.86. The van der Waals surface area contributed by atoms with Crippen molar-refractivity contribution in [3.63, 3.8) is 0 Å². The second-order valence-corrected chi connectivity index (χ2v) is 10.8. The second-order valence-electron chi connectivity index (χ2n) is 10.8. The average molecular weight is 676 g/mol. The van der Waals surface area contributed by atoms with E-state index in [-0.39, 0.29) is 25.7 Å². The number of nitrogens with zero attached hydrogens (tertiary/aromatic N) is 1. The van der Waals surface area contributed by atoms with Gasteiger partial charge in [0.15, 0.2) is 0 Å². The van der Waals surface area contributed by atoms with Gasteiger partial charge in [-0.3, -0.25) is 28.8 Å². The number of aromatic nitrogens is 2. The predicted octanol–water partition coefficient (Wildman–Crippen LogP) is -4.70. The number of aliphatic carboxylic acids is 1. The van der Waals surface area contributed by atoms with Crippen molar-refractivity contribution in [3.8, 4) is 0 Å². The number of benzene rings is 1. The van der Waals surface area contributed by atoms with Crippen LogP contribution in [-0.4, -0.2) is 116 Å². The highest BCUT2D eigenvalue weighted by molar-refractivity contribution is 5.95. The molecule has 0 bridgehead atoms. The number of carbonyl (C=O) groups is 7. The fourth-order valence-electron chi connectivity index (χ4n) is 4.26. The average Bonchev–Trinajstić information content (AvgIpc) is 3.55. The maximum atomic E-state index is 12.9. The van der Waals surface area contributed by atoms with E-state index in [1.54, 1.807) is 30.3 Å². The van der Waals surface area contributed by atoms with Crippen molar-refractivity contribution >= 4 is 41.4 Å². The number of nitrogens with two attached hydrogens (primary N) is 2. The van der Waals surface area contributed by atoms with Crippen LogP contribution in [0.3, 0.4) is 0 Å². The number of aromatic amines is 1. The Morgan fingerprint density at radius 1 is 0.875 bits per heavy atom. The highest BCUT2D eigenvalue weighted by Gasteiger charge is 2.31. The topological polar surface area (TPSA) is 321 Å². The third kappa shape index (κ3) is 13.1. The zero-order chi connectivity index (χ0) is 35.8. The van der Waals surface area contributed by atoms with Gasteiger partial charge in [-0.2, -0.15) is 0 Å². The summed E-state index contributed by atoms with van der Waals surface area (Å²) in [6, 6.07) is 1.33. The van der Waals surface area contributed by atoms with E-state index >= 15 is 0 Å². The summed E-state index contributed by atoms with van der Waals surface area (Å²) in [5.41, 5.74) is 12.2. The number of H-pyrrole nitrogens is 1. The number of aliphatic hydroxyl groups excluding tert-OH is 2. The number of aliphatic hydroxyl groups is 2. The van der Waals surface area contributed by atoms with Gasteiger partial charge in [-0.05, 0) is 18.9 Å². The lowest BCUT2D eigenvalue weighted by molar-refractivity contribution is -0.143. The zero-order valence-corrected chi connectivity index (χ0v) is 26.0. The summed E-state index contributed by atoms with van der Waals surface area (Å²) in [4.78, 5) is 93.5. The molecular weight excluding hydrogens is 634 g/mol. The molecular formula is C29H41N9O10. The largest absolute Gasteiger partial charge is 0.480 e. The SMILES string of the molecule is C[C@@H](O)[C@H](NC(=O)CNC(=O)[C@H](CCC(N)=O)NC(=O)[C@H](CO)NC(=O)[C@@H](N)Cc1cnc[nH]1)C(=O)N[C@@H](Cc1ccccc1)C(=O)O. The molecule has 262 valence electrons. The number of carboxylic acids is 1. The Balaban J connectivity index is 2.00. The Kier molecular flexibility index (Phi) is 15.6. The molecule has 6 atom stereocenters. The van der Waals surface area contributed by atoms with E-state index in [4.69, 9.17) is 11.5 Å². The minimum atomic E-state index is -1.61. The second kappa shape index (κ2) is 19.3. The Hall–Kier alpha value is -5.40. The zero-order valence-electron chi connectivity index (χ0n) is 26.0. The van der Waals surface area contributed by atoms with Gasteiger partial charge in [-0.1, -0.05) is 30.3 Å². The molecule has 0 unspecified atom stereocenters. The van der Waals surface area contributed by atoms with Crippen molar-refractivity contribution in [1.82, 2.24) is 36.6 Å². The molecule has 1 aromatic heterocycles. The standard InChI is InChI=1S/C29H41N9O10/c1-15(40)24(28(46)36-20(29(47)48)9-16-5-3-2-4-6-16)38-23(42)12-33-26(44)19(7-8-22(31)41)35-27(45)21(13-39)37-25(43)18(30)10-17-11-32-14-34-17/h2-6,11,14-15,18-21,24,39-40H,7-10,12-13,30H2,1H3,(H2,31,41)(H,32,34)(H,33,44)(H,35,45)(H,36,46)(H,37,43)(H,38,42)(H,47,48)/t15-,18+,19+,20+,21+,24+/m1/s1. The maximum absolute atomic E-state index is 12.9. The molecule has 2 aromatic rings. The van der Waals surface area contributed by atoms with Crippen LogP contribution in [-0.2, 0) is 46.4 Å². The number of imidazole rings is 1. The normalized spacial score (nSPS) is 14.6. The van der Waals surface area contributed by atoms with Gasteiger partial charge < -0.3 is 58.4 Å². The lowest BCUT2D eigenvalue weighted by Gasteiger charge is -2.24. The number of carboxylic acid groups (broad SMARTS) is 1. The predicted molar refractivity (Wildman–Crippen MR) is 166 cm³/mol. The lowest BCUT2D eigenvalue weighted by Crippen LogP contribution is -2.59. The molecule has 0 saturated heterocycles. The van der Waals surface area contributed by atoms with Crippen LogP contribution >= 0.6 is 0 Å². The Labute approximate surface area is 274 Å². The highest BCUT2D eigenvalue weighted by atomic mass is 16.4. The first-order chi connectivity index (χ1) is 22.7. The number of hydrogen-bond donors (Lipinski definition) is 11. The smallest absolute Gasteiger partial charge is 0.326 e. The Morgan fingerprint density at radius 2 is 1.52 bits per heavy atom. The summed E-state index contributed by atoms with van der Waals surface area (Å²) in [7, 11) is 0. The van der Waals surface area contributed by atoms with Crippen molar-refractivity contribution in [2.24, 2.45) is 11.5 Å². The summed E-state index contributed by atoms with van der Waals surface area (Å²) in [6.45, 7) is -0.461. The first kappa shape index (κ1) is 38.8. The van der Waals surface area contributed by atoms with Crippen LogP contribution in [0.15, 0.2) is 42.9 Å². The number of rotatable bonds is 20. The lowest BCUT2D eigenvalue weighted by atomic mass is 10.0. The minimum Gasteiger partial charge on any atom is -0.480 e. The Morgan fingerprint density at radius 3 is 2.08 bits per heavy atom. The molecule has 6 amide bonds. The molecule has 19 heteroatoms. The van der Waals surface area contributed by atoms with E-state index in [1.807, 2.05) is 0 Å². The molecule has 0 aliphatic rings. The number of hydrogen-bond acceptors (Lipinski definition) is 11. The summed E-state index contributed by atoms with van der Waals surface area (Å²) in [5.74, 6) is -6.89. The van der Waals surface area contributed by atoms with Gasteiger partial charge in [-0.15, -0.1) is 0 Å². The first-order valence-corrected chi connectivity index (χ1v) is 14.8. The molecule has 0 aliphatic heterocycles. The van der Waals surface area contributed by atoms with Crippen molar-refractivity contribution in [2.45, 2.75) is 68.9 Å². The van der Waals surface area contributed by atoms with Crippen molar-refractivity contribution in [1.29, 1.82) is 0 Å².